The van der Waals surface area contributed by atoms with E-state index in [1.807, 2.05) is 54.6 Å². The third kappa shape index (κ3) is 8.34. The molecule has 0 aromatic heterocycles. The predicted octanol–water partition coefficient (Wildman–Crippen LogP) is 7.05. The maximum atomic E-state index is 14.7. The van der Waals surface area contributed by atoms with Crippen molar-refractivity contribution in [1.82, 2.24) is 10.2 Å². The lowest BCUT2D eigenvalue weighted by Gasteiger charge is -2.33. The molecule has 1 saturated carbocycles. The first-order valence-electron chi connectivity index (χ1n) is 13.2. The van der Waals surface area contributed by atoms with Gasteiger partial charge in [0.15, 0.2) is 0 Å². The molecular formula is C31H34ClFN2O2S. The third-order valence-corrected chi connectivity index (χ3v) is 8.19. The second kappa shape index (κ2) is 14.4. The Balaban J connectivity index is 1.56. The highest BCUT2D eigenvalue weighted by Crippen LogP contribution is 2.24. The minimum atomic E-state index is -0.744. The largest absolute Gasteiger partial charge is 0.352 e. The van der Waals surface area contributed by atoms with Crippen molar-refractivity contribution in [2.75, 3.05) is 5.75 Å². The third-order valence-electron chi connectivity index (χ3n) is 6.92. The fourth-order valence-electron chi connectivity index (χ4n) is 4.84. The van der Waals surface area contributed by atoms with Crippen molar-refractivity contribution < 1.29 is 14.0 Å². The Kier molecular flexibility index (Phi) is 10.6. The van der Waals surface area contributed by atoms with Crippen LogP contribution >= 0.6 is 23.4 Å². The minimum Gasteiger partial charge on any atom is -0.352 e. The Morgan fingerprint density at radius 2 is 1.63 bits per heavy atom. The molecule has 0 heterocycles. The molecule has 1 fully saturated rings. The van der Waals surface area contributed by atoms with E-state index in [2.05, 4.69) is 5.32 Å². The van der Waals surface area contributed by atoms with Gasteiger partial charge in [0.2, 0.25) is 11.8 Å². The Bertz CT molecular complexity index is 1190. The average Bonchev–Trinajstić information content (AvgIpc) is 2.93. The maximum Gasteiger partial charge on any atom is 0.243 e. The second-order valence-corrected chi connectivity index (χ2v) is 11.3. The van der Waals surface area contributed by atoms with Gasteiger partial charge in [0.25, 0.3) is 0 Å². The van der Waals surface area contributed by atoms with Crippen LogP contribution in [0.5, 0.6) is 0 Å². The van der Waals surface area contributed by atoms with Crippen molar-refractivity contribution in [2.24, 2.45) is 0 Å². The van der Waals surface area contributed by atoms with Crippen molar-refractivity contribution in [3.05, 3.63) is 101 Å². The molecule has 0 aliphatic heterocycles. The molecule has 0 bridgehead atoms. The number of carbonyl (C=O) groups excluding carboxylic acids is 2. The zero-order chi connectivity index (χ0) is 26.7. The SMILES string of the molecule is O=C(NC1CCCCC1)[C@@H](Cc1ccccc1)N(Cc1ccccc1F)C(=O)CCSc1ccc(Cl)cc1. The van der Waals surface area contributed by atoms with Gasteiger partial charge in [-0.25, -0.2) is 4.39 Å². The minimum absolute atomic E-state index is 0.0344. The number of hydrogen-bond donors (Lipinski definition) is 1. The Morgan fingerprint density at radius 1 is 0.947 bits per heavy atom. The van der Waals surface area contributed by atoms with E-state index in [-0.39, 0.29) is 36.6 Å². The second-order valence-electron chi connectivity index (χ2n) is 9.71. The topological polar surface area (TPSA) is 49.4 Å². The molecule has 0 unspecified atom stereocenters. The molecule has 2 amide bonds. The molecule has 0 spiro atoms. The van der Waals surface area contributed by atoms with E-state index < -0.39 is 6.04 Å². The summed E-state index contributed by atoms with van der Waals surface area (Å²) in [6, 6.07) is 23.0. The fourth-order valence-corrected chi connectivity index (χ4v) is 5.81. The molecule has 4 rings (SSSR count). The number of benzene rings is 3. The van der Waals surface area contributed by atoms with Gasteiger partial charge in [-0.05, 0) is 48.7 Å². The first kappa shape index (κ1) is 28.2. The standard InChI is InChI=1S/C31H34ClFN2O2S/c32-25-15-17-27(18-16-25)38-20-19-30(36)35(22-24-11-7-8-14-28(24)33)29(21-23-9-3-1-4-10-23)31(37)34-26-12-5-2-6-13-26/h1,3-4,7-11,14-18,26,29H,2,5-6,12-13,19-22H2,(H,34,37)/t29-/m1/s1. The van der Waals surface area contributed by atoms with Crippen LogP contribution < -0.4 is 5.32 Å². The number of thioether (sulfide) groups is 1. The summed E-state index contributed by atoms with van der Waals surface area (Å²) in [6.07, 6.45) is 5.85. The summed E-state index contributed by atoms with van der Waals surface area (Å²) in [7, 11) is 0. The van der Waals surface area contributed by atoms with Crippen LogP contribution in [0.2, 0.25) is 5.02 Å². The summed E-state index contributed by atoms with van der Waals surface area (Å²) in [4.78, 5) is 30.1. The maximum absolute atomic E-state index is 14.7. The van der Waals surface area contributed by atoms with Gasteiger partial charge in [-0.2, -0.15) is 0 Å². The van der Waals surface area contributed by atoms with Crippen molar-refractivity contribution in [3.8, 4) is 0 Å². The first-order chi connectivity index (χ1) is 18.5. The summed E-state index contributed by atoms with van der Waals surface area (Å²) < 4.78 is 14.7. The Labute approximate surface area is 234 Å². The summed E-state index contributed by atoms with van der Waals surface area (Å²) in [5.41, 5.74) is 1.35. The van der Waals surface area contributed by atoms with E-state index in [1.165, 1.54) is 12.5 Å². The van der Waals surface area contributed by atoms with E-state index in [0.717, 1.165) is 36.1 Å². The van der Waals surface area contributed by atoms with Gasteiger partial charge in [0.1, 0.15) is 11.9 Å². The van der Waals surface area contributed by atoms with Gasteiger partial charge in [-0.1, -0.05) is 79.4 Å². The van der Waals surface area contributed by atoms with Crippen LogP contribution in [-0.4, -0.2) is 34.6 Å². The predicted molar refractivity (Wildman–Crippen MR) is 153 cm³/mol. The molecule has 1 aliphatic rings. The summed E-state index contributed by atoms with van der Waals surface area (Å²) >= 11 is 7.55. The van der Waals surface area contributed by atoms with Crippen LogP contribution in [0.3, 0.4) is 0 Å². The van der Waals surface area contributed by atoms with Gasteiger partial charge in [-0.3, -0.25) is 9.59 Å². The van der Waals surface area contributed by atoms with Gasteiger partial charge in [0.05, 0.1) is 0 Å². The first-order valence-corrected chi connectivity index (χ1v) is 14.6. The van der Waals surface area contributed by atoms with Crippen LogP contribution in [0.25, 0.3) is 0 Å². The summed E-state index contributed by atoms with van der Waals surface area (Å²) in [6.45, 7) is 0.0344. The van der Waals surface area contributed by atoms with Gasteiger partial charge in [-0.15, -0.1) is 11.8 Å². The van der Waals surface area contributed by atoms with Gasteiger partial charge in [0, 0.05) is 46.7 Å². The molecular weight excluding hydrogens is 519 g/mol. The molecule has 38 heavy (non-hydrogen) atoms. The van der Waals surface area contributed by atoms with Crippen LogP contribution in [0.4, 0.5) is 4.39 Å². The molecule has 7 heteroatoms. The number of rotatable bonds is 11. The van der Waals surface area contributed by atoms with E-state index in [0.29, 0.717) is 22.8 Å². The molecule has 1 N–H and O–H groups in total. The van der Waals surface area contributed by atoms with Crippen molar-refractivity contribution in [1.29, 1.82) is 0 Å². The van der Waals surface area contributed by atoms with Crippen LogP contribution in [0.1, 0.15) is 49.7 Å². The van der Waals surface area contributed by atoms with Crippen LogP contribution in [-0.2, 0) is 22.6 Å². The summed E-state index contributed by atoms with van der Waals surface area (Å²) in [5.74, 6) is -0.187. The highest BCUT2D eigenvalue weighted by atomic mass is 35.5. The van der Waals surface area contributed by atoms with Crippen LogP contribution in [0, 0.1) is 5.82 Å². The van der Waals surface area contributed by atoms with Crippen molar-refractivity contribution in [3.63, 3.8) is 0 Å². The van der Waals surface area contributed by atoms with Gasteiger partial charge < -0.3 is 10.2 Å². The smallest absolute Gasteiger partial charge is 0.243 e. The van der Waals surface area contributed by atoms with Crippen LogP contribution in [0.15, 0.2) is 83.8 Å². The number of carbonyl (C=O) groups is 2. The molecule has 3 aromatic rings. The zero-order valence-corrected chi connectivity index (χ0v) is 23.0. The molecule has 200 valence electrons. The highest BCUT2D eigenvalue weighted by Gasteiger charge is 2.32. The monoisotopic (exact) mass is 552 g/mol. The lowest BCUT2D eigenvalue weighted by Crippen LogP contribution is -2.53. The van der Waals surface area contributed by atoms with E-state index >= 15 is 0 Å². The normalized spacial score (nSPS) is 14.6. The number of halogens is 2. The fraction of sp³-hybridized carbons (Fsp3) is 0.355. The average molecular weight is 553 g/mol. The molecule has 3 aromatic carbocycles. The van der Waals surface area contributed by atoms with Crippen molar-refractivity contribution >= 4 is 35.2 Å². The highest BCUT2D eigenvalue weighted by molar-refractivity contribution is 7.99. The van der Waals surface area contributed by atoms with Gasteiger partial charge >= 0.3 is 0 Å². The Hall–Kier alpha value is -2.83. The molecule has 1 atom stereocenters. The molecule has 4 nitrogen and oxygen atoms in total. The van der Waals surface area contributed by atoms with Crippen molar-refractivity contribution in [2.45, 2.75) is 68.5 Å². The summed E-state index contributed by atoms with van der Waals surface area (Å²) in [5, 5.41) is 3.88. The quantitative estimate of drug-likeness (QED) is 0.259. The lowest BCUT2D eigenvalue weighted by atomic mass is 9.94. The molecule has 0 saturated heterocycles. The molecule has 0 radical (unpaired) electrons. The Morgan fingerprint density at radius 3 is 2.34 bits per heavy atom. The lowest BCUT2D eigenvalue weighted by molar-refractivity contribution is -0.141. The number of amides is 2. The molecule has 1 aliphatic carbocycles. The number of nitrogens with one attached hydrogen (secondary N) is 1. The van der Waals surface area contributed by atoms with E-state index in [9.17, 15) is 14.0 Å². The number of nitrogens with zero attached hydrogens (tertiary/aromatic N) is 1. The number of hydrogen-bond acceptors (Lipinski definition) is 3. The van der Waals surface area contributed by atoms with E-state index in [4.69, 9.17) is 11.6 Å². The zero-order valence-electron chi connectivity index (χ0n) is 21.5. The van der Waals surface area contributed by atoms with E-state index in [1.54, 1.807) is 34.9 Å².